The van der Waals surface area contributed by atoms with Crippen LogP contribution in [0, 0.1) is 13.8 Å². The van der Waals surface area contributed by atoms with Crippen molar-refractivity contribution >= 4 is 34.6 Å². The molecule has 0 spiro atoms. The lowest BCUT2D eigenvalue weighted by Gasteiger charge is -2.18. The number of imide groups is 1. The quantitative estimate of drug-likeness (QED) is 0.566. The fourth-order valence-corrected chi connectivity index (χ4v) is 3.81. The van der Waals surface area contributed by atoms with E-state index in [0.29, 0.717) is 5.69 Å². The highest BCUT2D eigenvalue weighted by molar-refractivity contribution is 6.23. The first-order valence-corrected chi connectivity index (χ1v) is 10.2. The fraction of sp³-hybridized carbons (Fsp3) is 0.200. The molecule has 6 nitrogen and oxygen atoms in total. The molecule has 0 saturated carbocycles. The lowest BCUT2D eigenvalue weighted by atomic mass is 10.1. The molecule has 1 fully saturated rings. The number of para-hydroxylation sites is 2. The van der Waals surface area contributed by atoms with E-state index in [2.05, 4.69) is 10.6 Å². The Morgan fingerprint density at radius 2 is 1.65 bits per heavy atom. The number of amides is 2. The minimum atomic E-state index is -0.582. The zero-order valence-electron chi connectivity index (χ0n) is 17.8. The lowest BCUT2D eigenvalue weighted by Crippen LogP contribution is -2.35. The first kappa shape index (κ1) is 20.5. The number of anilines is 4. The van der Waals surface area contributed by atoms with Crippen molar-refractivity contribution in [2.24, 2.45) is 0 Å². The number of carbonyl (C=O) groups excluding carboxylic acids is 2. The summed E-state index contributed by atoms with van der Waals surface area (Å²) in [6.45, 7) is 3.90. The fourth-order valence-electron chi connectivity index (χ4n) is 3.81. The van der Waals surface area contributed by atoms with Crippen LogP contribution in [0.15, 0.2) is 66.7 Å². The summed E-state index contributed by atoms with van der Waals surface area (Å²) in [6.07, 6.45) is 0.132. The zero-order valence-corrected chi connectivity index (χ0v) is 17.8. The van der Waals surface area contributed by atoms with Crippen molar-refractivity contribution in [1.82, 2.24) is 0 Å². The predicted octanol–water partition coefficient (Wildman–Crippen LogP) is 4.80. The SMILES string of the molecule is COc1ccccc1Nc1ccc(N[C@H]2CC(=O)N(c3ccc(C)cc3C)C2=O)cc1. The Balaban J connectivity index is 1.46. The third-order valence-electron chi connectivity index (χ3n) is 5.35. The summed E-state index contributed by atoms with van der Waals surface area (Å²) in [5, 5.41) is 6.52. The summed E-state index contributed by atoms with van der Waals surface area (Å²) in [5.41, 5.74) is 5.19. The van der Waals surface area contributed by atoms with Gasteiger partial charge in [-0.3, -0.25) is 9.59 Å². The number of hydrogen-bond acceptors (Lipinski definition) is 5. The molecule has 31 heavy (non-hydrogen) atoms. The van der Waals surface area contributed by atoms with E-state index in [9.17, 15) is 9.59 Å². The van der Waals surface area contributed by atoms with Gasteiger partial charge in [0.1, 0.15) is 11.8 Å². The monoisotopic (exact) mass is 415 g/mol. The van der Waals surface area contributed by atoms with E-state index in [1.807, 2.05) is 80.6 Å². The van der Waals surface area contributed by atoms with Gasteiger partial charge in [0.25, 0.3) is 5.91 Å². The normalized spacial score (nSPS) is 15.8. The van der Waals surface area contributed by atoms with Crippen LogP contribution in [0.5, 0.6) is 5.75 Å². The molecule has 1 aliphatic rings. The number of benzene rings is 3. The van der Waals surface area contributed by atoms with E-state index in [0.717, 1.165) is 33.9 Å². The topological polar surface area (TPSA) is 70.7 Å². The predicted molar refractivity (Wildman–Crippen MR) is 123 cm³/mol. The second-order valence-corrected chi connectivity index (χ2v) is 7.66. The highest BCUT2D eigenvalue weighted by Crippen LogP contribution is 2.30. The molecule has 0 aliphatic carbocycles. The molecule has 1 heterocycles. The summed E-state index contributed by atoms with van der Waals surface area (Å²) in [5.74, 6) is 0.336. The number of nitrogens with one attached hydrogen (secondary N) is 2. The molecule has 3 aromatic carbocycles. The minimum absolute atomic E-state index is 0.132. The Labute approximate surface area is 181 Å². The Bertz CT molecular complexity index is 1130. The molecule has 0 unspecified atom stereocenters. The van der Waals surface area contributed by atoms with Gasteiger partial charge in [0.05, 0.1) is 24.9 Å². The van der Waals surface area contributed by atoms with Gasteiger partial charge in [0.15, 0.2) is 0 Å². The average Bonchev–Trinajstić information content (AvgIpc) is 3.03. The van der Waals surface area contributed by atoms with Crippen molar-refractivity contribution in [3.8, 4) is 5.75 Å². The number of aryl methyl sites for hydroxylation is 2. The van der Waals surface area contributed by atoms with Gasteiger partial charge in [-0.1, -0.05) is 29.8 Å². The van der Waals surface area contributed by atoms with Crippen molar-refractivity contribution in [3.63, 3.8) is 0 Å². The maximum atomic E-state index is 13.0. The van der Waals surface area contributed by atoms with Gasteiger partial charge in [0, 0.05) is 11.4 Å². The van der Waals surface area contributed by atoms with E-state index < -0.39 is 6.04 Å². The van der Waals surface area contributed by atoms with Crippen molar-refractivity contribution in [2.75, 3.05) is 22.6 Å². The second-order valence-electron chi connectivity index (χ2n) is 7.66. The molecule has 3 aromatic rings. The lowest BCUT2D eigenvalue weighted by molar-refractivity contribution is -0.121. The summed E-state index contributed by atoms with van der Waals surface area (Å²) in [6, 6.07) is 20.4. The molecule has 2 amide bonds. The molecule has 0 aromatic heterocycles. The average molecular weight is 415 g/mol. The molecule has 1 saturated heterocycles. The third-order valence-corrected chi connectivity index (χ3v) is 5.35. The molecule has 158 valence electrons. The first-order valence-electron chi connectivity index (χ1n) is 10.2. The van der Waals surface area contributed by atoms with Gasteiger partial charge in [-0.25, -0.2) is 4.90 Å². The molecule has 6 heteroatoms. The maximum Gasteiger partial charge on any atom is 0.256 e. The van der Waals surface area contributed by atoms with Gasteiger partial charge < -0.3 is 15.4 Å². The minimum Gasteiger partial charge on any atom is -0.495 e. The largest absolute Gasteiger partial charge is 0.495 e. The summed E-state index contributed by atoms with van der Waals surface area (Å²) in [7, 11) is 1.63. The van der Waals surface area contributed by atoms with Gasteiger partial charge in [-0.2, -0.15) is 0 Å². The Morgan fingerprint density at radius 3 is 2.35 bits per heavy atom. The number of carbonyl (C=O) groups is 2. The van der Waals surface area contributed by atoms with Crippen LogP contribution in [0.2, 0.25) is 0 Å². The van der Waals surface area contributed by atoms with Gasteiger partial charge in [-0.15, -0.1) is 0 Å². The third kappa shape index (κ3) is 4.23. The van der Waals surface area contributed by atoms with Crippen LogP contribution < -0.4 is 20.3 Å². The summed E-state index contributed by atoms with van der Waals surface area (Å²) < 4.78 is 5.36. The van der Waals surface area contributed by atoms with Crippen LogP contribution in [0.1, 0.15) is 17.5 Å². The van der Waals surface area contributed by atoms with Crippen molar-refractivity contribution < 1.29 is 14.3 Å². The van der Waals surface area contributed by atoms with Gasteiger partial charge in [0.2, 0.25) is 5.91 Å². The Morgan fingerprint density at radius 1 is 0.935 bits per heavy atom. The van der Waals surface area contributed by atoms with Crippen LogP contribution in [-0.2, 0) is 9.59 Å². The van der Waals surface area contributed by atoms with Crippen molar-refractivity contribution in [1.29, 1.82) is 0 Å². The van der Waals surface area contributed by atoms with Crippen LogP contribution in [0.3, 0.4) is 0 Å². The number of methoxy groups -OCH3 is 1. The molecular weight excluding hydrogens is 390 g/mol. The van der Waals surface area contributed by atoms with Gasteiger partial charge >= 0.3 is 0 Å². The molecule has 0 radical (unpaired) electrons. The molecule has 4 rings (SSSR count). The molecule has 2 N–H and O–H groups in total. The van der Waals surface area contributed by atoms with E-state index in [1.165, 1.54) is 4.90 Å². The highest BCUT2D eigenvalue weighted by Gasteiger charge is 2.40. The van der Waals surface area contributed by atoms with Crippen LogP contribution in [0.4, 0.5) is 22.7 Å². The van der Waals surface area contributed by atoms with E-state index in [-0.39, 0.29) is 18.2 Å². The summed E-state index contributed by atoms with van der Waals surface area (Å²) in [4.78, 5) is 26.8. The summed E-state index contributed by atoms with van der Waals surface area (Å²) >= 11 is 0. The highest BCUT2D eigenvalue weighted by atomic mass is 16.5. The Kier molecular flexibility index (Phi) is 5.62. The van der Waals surface area contributed by atoms with Crippen LogP contribution >= 0.6 is 0 Å². The number of ether oxygens (including phenoxy) is 1. The second kappa shape index (κ2) is 8.52. The van der Waals surface area contributed by atoms with Crippen molar-refractivity contribution in [3.05, 3.63) is 77.9 Å². The molecule has 1 atom stereocenters. The van der Waals surface area contributed by atoms with Gasteiger partial charge in [-0.05, 0) is 61.9 Å². The maximum absolute atomic E-state index is 13.0. The molecular formula is C25H25N3O3. The number of hydrogen-bond donors (Lipinski definition) is 2. The van der Waals surface area contributed by atoms with E-state index in [1.54, 1.807) is 7.11 Å². The number of nitrogens with zero attached hydrogens (tertiary/aromatic N) is 1. The first-order chi connectivity index (χ1) is 15.0. The van der Waals surface area contributed by atoms with E-state index in [4.69, 9.17) is 4.74 Å². The van der Waals surface area contributed by atoms with E-state index >= 15 is 0 Å². The van der Waals surface area contributed by atoms with Crippen LogP contribution in [0.25, 0.3) is 0 Å². The van der Waals surface area contributed by atoms with Crippen LogP contribution in [-0.4, -0.2) is 25.0 Å². The van der Waals surface area contributed by atoms with Crippen molar-refractivity contribution in [2.45, 2.75) is 26.3 Å². The number of rotatable bonds is 6. The standard InChI is InChI=1S/C25H25N3O3/c1-16-8-13-22(17(2)14-16)28-24(29)15-21(25(28)30)27-19-11-9-18(10-12-19)26-20-6-4-5-7-23(20)31-3/h4-14,21,26-27H,15H2,1-3H3/t21-/m0/s1. The molecule has 1 aliphatic heterocycles. The zero-order chi connectivity index (χ0) is 22.0. The Hall–Kier alpha value is -3.80. The molecule has 0 bridgehead atoms. The smallest absolute Gasteiger partial charge is 0.256 e.